The highest BCUT2D eigenvalue weighted by atomic mass is 16.6. The number of piperidine rings is 1. The van der Waals surface area contributed by atoms with Crippen LogP contribution >= 0.6 is 0 Å². The average molecular weight is 568 g/mol. The first kappa shape index (κ1) is 30.1. The van der Waals surface area contributed by atoms with Gasteiger partial charge in [0.1, 0.15) is 12.2 Å². The van der Waals surface area contributed by atoms with E-state index in [1.165, 1.54) is 0 Å². The van der Waals surface area contributed by atoms with Crippen LogP contribution in [-0.4, -0.2) is 60.7 Å². The van der Waals surface area contributed by atoms with Crippen molar-refractivity contribution in [2.24, 2.45) is 0 Å². The number of likely N-dealkylation sites (tertiary alicyclic amines) is 1. The maximum absolute atomic E-state index is 10.7. The van der Waals surface area contributed by atoms with Gasteiger partial charge < -0.3 is 24.1 Å². The van der Waals surface area contributed by atoms with E-state index in [9.17, 15) is 5.11 Å². The minimum absolute atomic E-state index is 0.0608. The smallest absolute Gasteiger partial charge is 0.113 e. The van der Waals surface area contributed by atoms with Crippen molar-refractivity contribution in [2.75, 3.05) is 26.3 Å². The molecule has 0 bridgehead atoms. The van der Waals surface area contributed by atoms with Gasteiger partial charge in [-0.25, -0.2) is 0 Å². The van der Waals surface area contributed by atoms with Crippen molar-refractivity contribution in [1.29, 1.82) is 0 Å². The number of aliphatic hydroxyl groups is 1. The molecule has 4 aromatic carbocycles. The van der Waals surface area contributed by atoms with Gasteiger partial charge in [-0.1, -0.05) is 121 Å². The maximum Gasteiger partial charge on any atom is 0.113 e. The van der Waals surface area contributed by atoms with E-state index >= 15 is 0 Å². The van der Waals surface area contributed by atoms with Crippen molar-refractivity contribution < 1.29 is 24.1 Å². The highest BCUT2D eigenvalue weighted by molar-refractivity contribution is 5.16. The van der Waals surface area contributed by atoms with Crippen LogP contribution in [-0.2, 0) is 45.4 Å². The number of rotatable bonds is 15. The number of ether oxygens (including phenoxy) is 4. The Morgan fingerprint density at radius 2 is 0.976 bits per heavy atom. The Labute approximate surface area is 249 Å². The Bertz CT molecular complexity index is 1280. The van der Waals surface area contributed by atoms with Crippen molar-refractivity contribution >= 4 is 0 Å². The monoisotopic (exact) mass is 567 g/mol. The van der Waals surface area contributed by atoms with Gasteiger partial charge >= 0.3 is 0 Å². The highest BCUT2D eigenvalue weighted by Gasteiger charge is 2.45. The summed E-state index contributed by atoms with van der Waals surface area (Å²) in [6.07, 6.45) is -1.06. The van der Waals surface area contributed by atoms with Gasteiger partial charge in [0.2, 0.25) is 0 Å². The molecule has 6 nitrogen and oxygen atoms in total. The van der Waals surface area contributed by atoms with Gasteiger partial charge in [0.15, 0.2) is 0 Å². The summed E-state index contributed by atoms with van der Waals surface area (Å²) in [7, 11) is 0. The summed E-state index contributed by atoms with van der Waals surface area (Å²) in [5, 5.41) is 10.7. The molecular weight excluding hydrogens is 526 g/mol. The SMILES string of the molecule is OC[C@H]1[C@@H](OCc2ccccc2)[C@H](OCc2ccccc2)[C@@H](OCc2ccccc2)CN1CCOCc1ccccc1. The number of hydrogen-bond donors (Lipinski definition) is 1. The predicted molar refractivity (Wildman–Crippen MR) is 164 cm³/mol. The third-order valence-corrected chi connectivity index (χ3v) is 7.65. The van der Waals surface area contributed by atoms with Crippen LogP contribution in [0, 0.1) is 0 Å². The Kier molecular flexibility index (Phi) is 11.7. The minimum atomic E-state index is -0.414. The van der Waals surface area contributed by atoms with Gasteiger partial charge in [-0.15, -0.1) is 0 Å². The van der Waals surface area contributed by atoms with Gasteiger partial charge in [0.25, 0.3) is 0 Å². The number of benzene rings is 4. The molecule has 0 spiro atoms. The molecule has 220 valence electrons. The second-order valence-electron chi connectivity index (χ2n) is 10.6. The maximum atomic E-state index is 10.7. The molecule has 0 unspecified atom stereocenters. The molecule has 1 N–H and O–H groups in total. The van der Waals surface area contributed by atoms with Crippen molar-refractivity contribution in [3.05, 3.63) is 144 Å². The molecule has 0 saturated carbocycles. The first-order valence-corrected chi connectivity index (χ1v) is 14.7. The topological polar surface area (TPSA) is 60.4 Å². The normalized spacial score (nSPS) is 20.9. The molecule has 42 heavy (non-hydrogen) atoms. The van der Waals surface area contributed by atoms with E-state index in [0.29, 0.717) is 46.1 Å². The van der Waals surface area contributed by atoms with Crippen LogP contribution in [0.4, 0.5) is 0 Å². The molecule has 0 aliphatic carbocycles. The molecule has 1 fully saturated rings. The van der Waals surface area contributed by atoms with Gasteiger partial charge in [-0.05, 0) is 22.3 Å². The molecule has 1 aliphatic rings. The van der Waals surface area contributed by atoms with Crippen LogP contribution < -0.4 is 0 Å². The number of nitrogens with zero attached hydrogens (tertiary/aromatic N) is 1. The summed E-state index contributed by atoms with van der Waals surface area (Å²) < 4.78 is 25.9. The van der Waals surface area contributed by atoms with Crippen LogP contribution in [0.15, 0.2) is 121 Å². The van der Waals surface area contributed by atoms with E-state index < -0.39 is 6.10 Å². The molecule has 1 aliphatic heterocycles. The van der Waals surface area contributed by atoms with Gasteiger partial charge in [0, 0.05) is 13.1 Å². The van der Waals surface area contributed by atoms with Crippen molar-refractivity contribution in [3.8, 4) is 0 Å². The molecule has 4 aromatic rings. The average Bonchev–Trinajstić information content (AvgIpc) is 3.06. The number of hydrogen-bond acceptors (Lipinski definition) is 6. The second-order valence-corrected chi connectivity index (χ2v) is 10.6. The quantitative estimate of drug-likeness (QED) is 0.188. The largest absolute Gasteiger partial charge is 0.395 e. The van der Waals surface area contributed by atoms with Crippen LogP contribution in [0.1, 0.15) is 22.3 Å². The zero-order valence-corrected chi connectivity index (χ0v) is 24.0. The molecule has 0 radical (unpaired) electrons. The Hall–Kier alpha value is -3.36. The van der Waals surface area contributed by atoms with Crippen LogP contribution in [0.5, 0.6) is 0 Å². The molecule has 5 rings (SSSR count). The van der Waals surface area contributed by atoms with E-state index in [1.54, 1.807) is 0 Å². The molecule has 6 heteroatoms. The lowest BCUT2D eigenvalue weighted by molar-refractivity contribution is -0.209. The summed E-state index contributed by atoms with van der Waals surface area (Å²) in [6.45, 7) is 3.55. The van der Waals surface area contributed by atoms with Gasteiger partial charge in [-0.3, -0.25) is 4.90 Å². The van der Waals surface area contributed by atoms with Crippen molar-refractivity contribution in [1.82, 2.24) is 4.90 Å². The molecule has 1 saturated heterocycles. The van der Waals surface area contributed by atoms with Crippen LogP contribution in [0.3, 0.4) is 0 Å². The fourth-order valence-electron chi connectivity index (χ4n) is 5.40. The Morgan fingerprint density at radius 3 is 1.45 bits per heavy atom. The summed E-state index contributed by atoms with van der Waals surface area (Å²) in [5.41, 5.74) is 4.39. The first-order chi connectivity index (χ1) is 20.8. The van der Waals surface area contributed by atoms with Crippen molar-refractivity contribution in [3.63, 3.8) is 0 Å². The summed E-state index contributed by atoms with van der Waals surface area (Å²) in [5.74, 6) is 0. The summed E-state index contributed by atoms with van der Waals surface area (Å²) in [4.78, 5) is 2.23. The molecular formula is C36H41NO5. The highest BCUT2D eigenvalue weighted by Crippen LogP contribution is 2.28. The van der Waals surface area contributed by atoms with E-state index in [-0.39, 0.29) is 24.9 Å². The standard InChI is InChI=1S/C36H41NO5/c38-24-33-35(41-27-31-17-9-3-10-18-31)36(42-28-32-19-11-4-12-20-32)34(40-26-30-15-7-2-8-16-30)23-37(33)21-22-39-25-29-13-5-1-6-14-29/h1-20,33-36,38H,21-28H2/t33-,34-,35+,36+/m0/s1. The lowest BCUT2D eigenvalue weighted by atomic mass is 9.93. The zero-order chi connectivity index (χ0) is 28.8. The van der Waals surface area contributed by atoms with Gasteiger partial charge in [0.05, 0.1) is 51.8 Å². The Balaban J connectivity index is 1.34. The third kappa shape index (κ3) is 8.82. The Morgan fingerprint density at radius 1 is 0.548 bits per heavy atom. The second kappa shape index (κ2) is 16.3. The van der Waals surface area contributed by atoms with Crippen LogP contribution in [0.25, 0.3) is 0 Å². The van der Waals surface area contributed by atoms with E-state index in [4.69, 9.17) is 18.9 Å². The molecule has 4 atom stereocenters. The zero-order valence-electron chi connectivity index (χ0n) is 24.0. The van der Waals surface area contributed by atoms with E-state index in [1.807, 2.05) is 72.8 Å². The molecule has 0 aromatic heterocycles. The number of aliphatic hydroxyl groups excluding tert-OH is 1. The lowest BCUT2D eigenvalue weighted by Gasteiger charge is -2.48. The predicted octanol–water partition coefficient (Wildman–Crippen LogP) is 5.64. The fourth-order valence-corrected chi connectivity index (χ4v) is 5.40. The summed E-state index contributed by atoms with van der Waals surface area (Å²) >= 11 is 0. The van der Waals surface area contributed by atoms with Crippen LogP contribution in [0.2, 0.25) is 0 Å². The minimum Gasteiger partial charge on any atom is -0.395 e. The van der Waals surface area contributed by atoms with E-state index in [2.05, 4.69) is 53.4 Å². The first-order valence-electron chi connectivity index (χ1n) is 14.7. The lowest BCUT2D eigenvalue weighted by Crippen LogP contribution is -2.64. The van der Waals surface area contributed by atoms with Gasteiger partial charge in [-0.2, -0.15) is 0 Å². The molecule has 1 heterocycles. The third-order valence-electron chi connectivity index (χ3n) is 7.65. The molecule has 0 amide bonds. The van der Waals surface area contributed by atoms with E-state index in [0.717, 1.165) is 22.3 Å². The fraction of sp³-hybridized carbons (Fsp3) is 0.333. The summed E-state index contributed by atoms with van der Waals surface area (Å²) in [6, 6.07) is 40.3. The van der Waals surface area contributed by atoms with Crippen molar-refractivity contribution in [2.45, 2.75) is 50.8 Å².